The molecule has 0 saturated heterocycles. The Morgan fingerprint density at radius 3 is 2.43 bits per heavy atom. The van der Waals surface area contributed by atoms with E-state index in [-0.39, 0.29) is 0 Å². The summed E-state index contributed by atoms with van der Waals surface area (Å²) < 4.78 is 0. The van der Waals surface area contributed by atoms with Gasteiger partial charge < -0.3 is 0 Å². The van der Waals surface area contributed by atoms with Gasteiger partial charge in [0.15, 0.2) is 0 Å². The molecule has 0 radical (unpaired) electrons. The Bertz CT molecular complexity index is 636. The molecule has 0 aromatic heterocycles. The molecule has 5 rings (SSSR count). The van der Waals surface area contributed by atoms with Crippen LogP contribution in [-0.2, 0) is 4.79 Å². The van der Waals surface area contributed by atoms with Crippen molar-refractivity contribution in [2.75, 3.05) is 0 Å². The molecule has 10 unspecified atom stereocenters. The van der Waals surface area contributed by atoms with Crippen molar-refractivity contribution in [2.45, 2.75) is 98.8 Å². The van der Waals surface area contributed by atoms with Crippen LogP contribution in [0.2, 0.25) is 0 Å². The Kier molecular flexibility index (Phi) is 4.61. The van der Waals surface area contributed by atoms with Crippen molar-refractivity contribution in [3.8, 4) is 0 Å². The van der Waals surface area contributed by atoms with Gasteiger partial charge in [0.05, 0.1) is 0 Å². The highest BCUT2D eigenvalue weighted by Crippen LogP contribution is 2.71. The monoisotopic (exact) mass is 384 g/mol. The highest BCUT2D eigenvalue weighted by molar-refractivity contribution is 5.79. The maximum Gasteiger partial charge on any atom is 0.133 e. The van der Waals surface area contributed by atoms with Gasteiger partial charge in [-0.3, -0.25) is 4.79 Å². The van der Waals surface area contributed by atoms with Gasteiger partial charge in [0.1, 0.15) is 5.78 Å². The third kappa shape index (κ3) is 2.59. The highest BCUT2D eigenvalue weighted by Gasteiger charge is 2.64. The molecule has 0 aromatic rings. The minimum Gasteiger partial charge on any atom is -0.300 e. The Morgan fingerprint density at radius 2 is 1.68 bits per heavy atom. The van der Waals surface area contributed by atoms with E-state index in [4.69, 9.17) is 0 Å². The zero-order chi connectivity index (χ0) is 19.8. The van der Waals surface area contributed by atoms with E-state index >= 15 is 0 Å². The highest BCUT2D eigenvalue weighted by atomic mass is 16.1. The van der Waals surface area contributed by atoms with Gasteiger partial charge in [0.2, 0.25) is 0 Å². The zero-order valence-electron chi connectivity index (χ0n) is 19.2. The standard InChI is InChI=1S/C27H44O/c1-16(2)20-8-6-17(3)25-22(20)15-24-21-9-7-18-14-19(28)10-12-26(18,4)23(21)11-13-27(24,25)5/h16-18,20-25H,6-15H2,1-5H3. The van der Waals surface area contributed by atoms with Crippen LogP contribution in [0.25, 0.3) is 0 Å². The third-order valence-corrected chi connectivity index (χ3v) is 11.6. The first-order valence-electron chi connectivity index (χ1n) is 12.8. The van der Waals surface area contributed by atoms with Crippen molar-refractivity contribution in [3.63, 3.8) is 0 Å². The fourth-order valence-electron chi connectivity index (χ4n) is 10.4. The molecule has 0 N–H and O–H groups in total. The van der Waals surface area contributed by atoms with Crippen LogP contribution in [-0.4, -0.2) is 5.78 Å². The van der Waals surface area contributed by atoms with E-state index in [1.165, 1.54) is 51.4 Å². The fraction of sp³-hybridized carbons (Fsp3) is 0.963. The number of carbonyl (C=O) groups is 1. The SMILES string of the molecule is CC(C)C1CCC(C)C2C1CC1C3CCC4CC(=O)CCC4(C)C3CCC12C. The predicted molar refractivity (Wildman–Crippen MR) is 116 cm³/mol. The fourth-order valence-corrected chi connectivity index (χ4v) is 10.4. The lowest BCUT2D eigenvalue weighted by molar-refractivity contribution is -0.140. The minimum atomic E-state index is 0.467. The lowest BCUT2D eigenvalue weighted by Gasteiger charge is -2.60. The summed E-state index contributed by atoms with van der Waals surface area (Å²) in [7, 11) is 0. The average Bonchev–Trinajstić information content (AvgIpc) is 2.96. The average molecular weight is 385 g/mol. The van der Waals surface area contributed by atoms with Crippen molar-refractivity contribution >= 4 is 5.78 Å². The van der Waals surface area contributed by atoms with Crippen molar-refractivity contribution in [1.29, 1.82) is 0 Å². The summed E-state index contributed by atoms with van der Waals surface area (Å²) in [5.74, 6) is 8.84. The summed E-state index contributed by atoms with van der Waals surface area (Å²) in [6, 6.07) is 0. The van der Waals surface area contributed by atoms with Gasteiger partial charge in [-0.1, -0.05) is 41.0 Å². The molecule has 10 atom stereocenters. The van der Waals surface area contributed by atoms with Crippen LogP contribution in [0.4, 0.5) is 0 Å². The second-order valence-corrected chi connectivity index (χ2v) is 12.8. The number of rotatable bonds is 1. The number of fused-ring (bicyclic) bond motifs is 7. The molecule has 5 aliphatic carbocycles. The molecule has 1 nitrogen and oxygen atoms in total. The van der Waals surface area contributed by atoms with E-state index < -0.39 is 0 Å². The summed E-state index contributed by atoms with van der Waals surface area (Å²) in [5, 5.41) is 0. The van der Waals surface area contributed by atoms with Gasteiger partial charge in [0.25, 0.3) is 0 Å². The first-order valence-corrected chi connectivity index (χ1v) is 12.8. The lowest BCUT2D eigenvalue weighted by atomic mass is 9.44. The van der Waals surface area contributed by atoms with Gasteiger partial charge >= 0.3 is 0 Å². The molecule has 0 amide bonds. The molecule has 158 valence electrons. The smallest absolute Gasteiger partial charge is 0.133 e. The molecular formula is C27H44O. The van der Waals surface area contributed by atoms with Gasteiger partial charge in [-0.15, -0.1) is 0 Å². The van der Waals surface area contributed by atoms with Crippen LogP contribution in [0.3, 0.4) is 0 Å². The molecule has 28 heavy (non-hydrogen) atoms. The van der Waals surface area contributed by atoms with Gasteiger partial charge in [-0.05, 0) is 109 Å². The van der Waals surface area contributed by atoms with Crippen LogP contribution >= 0.6 is 0 Å². The summed E-state index contributed by atoms with van der Waals surface area (Å²) in [6.45, 7) is 12.9. The van der Waals surface area contributed by atoms with Gasteiger partial charge in [-0.2, -0.15) is 0 Å². The van der Waals surface area contributed by atoms with Crippen LogP contribution in [0.5, 0.6) is 0 Å². The molecule has 0 heterocycles. The second-order valence-electron chi connectivity index (χ2n) is 12.8. The van der Waals surface area contributed by atoms with Crippen molar-refractivity contribution in [2.24, 2.45) is 64.1 Å². The minimum absolute atomic E-state index is 0.467. The molecule has 0 aromatic carbocycles. The van der Waals surface area contributed by atoms with E-state index in [9.17, 15) is 4.79 Å². The molecule has 5 fully saturated rings. The van der Waals surface area contributed by atoms with Gasteiger partial charge in [-0.25, -0.2) is 0 Å². The predicted octanol–water partition coefficient (Wildman–Crippen LogP) is 7.14. The molecule has 0 spiro atoms. The van der Waals surface area contributed by atoms with Crippen LogP contribution in [0.1, 0.15) is 98.8 Å². The largest absolute Gasteiger partial charge is 0.300 e. The van der Waals surface area contributed by atoms with Crippen molar-refractivity contribution < 1.29 is 4.79 Å². The quantitative estimate of drug-likeness (QED) is 0.469. The summed E-state index contributed by atoms with van der Waals surface area (Å²) in [4.78, 5) is 12.2. The summed E-state index contributed by atoms with van der Waals surface area (Å²) >= 11 is 0. The van der Waals surface area contributed by atoms with E-state index in [0.717, 1.165) is 60.2 Å². The number of hydrogen-bond donors (Lipinski definition) is 0. The van der Waals surface area contributed by atoms with Crippen LogP contribution in [0, 0.1) is 64.1 Å². The maximum atomic E-state index is 12.2. The Labute approximate surface area is 173 Å². The number of carbonyl (C=O) groups excluding carboxylic acids is 1. The van der Waals surface area contributed by atoms with E-state index in [2.05, 4.69) is 34.6 Å². The molecule has 5 saturated carbocycles. The molecular weight excluding hydrogens is 340 g/mol. The van der Waals surface area contributed by atoms with Gasteiger partial charge in [0, 0.05) is 12.8 Å². The molecule has 1 heteroatoms. The first kappa shape index (κ1) is 19.6. The summed E-state index contributed by atoms with van der Waals surface area (Å²) in [5.41, 5.74) is 1.07. The molecule has 0 bridgehead atoms. The van der Waals surface area contributed by atoms with Crippen LogP contribution in [0.15, 0.2) is 0 Å². The lowest BCUT2D eigenvalue weighted by Crippen LogP contribution is -2.54. The number of hydrogen-bond acceptors (Lipinski definition) is 1. The Hall–Kier alpha value is -0.330. The zero-order valence-corrected chi connectivity index (χ0v) is 19.2. The third-order valence-electron chi connectivity index (χ3n) is 11.6. The van der Waals surface area contributed by atoms with Crippen molar-refractivity contribution in [1.82, 2.24) is 0 Å². The molecule has 5 aliphatic rings. The topological polar surface area (TPSA) is 17.1 Å². The molecule has 0 aliphatic heterocycles. The normalized spacial score (nSPS) is 56.0. The second kappa shape index (κ2) is 6.58. The number of ketones is 1. The number of Topliss-reactive ketones (excluding diaryl/α,β-unsaturated/α-hetero) is 1. The van der Waals surface area contributed by atoms with Crippen molar-refractivity contribution in [3.05, 3.63) is 0 Å². The summed E-state index contributed by atoms with van der Waals surface area (Å²) in [6.07, 6.45) is 13.2. The maximum absolute atomic E-state index is 12.2. The Morgan fingerprint density at radius 1 is 0.893 bits per heavy atom. The van der Waals surface area contributed by atoms with E-state index in [1.54, 1.807) is 0 Å². The van der Waals surface area contributed by atoms with E-state index in [1.807, 2.05) is 0 Å². The first-order chi connectivity index (χ1) is 13.3. The van der Waals surface area contributed by atoms with E-state index in [0.29, 0.717) is 22.5 Å². The Balaban J connectivity index is 1.46. The van der Waals surface area contributed by atoms with Crippen LogP contribution < -0.4 is 0 Å².